The van der Waals surface area contributed by atoms with Crippen LogP contribution in [0, 0.1) is 24.7 Å². The molecule has 4 rings (SSSR count). The zero-order valence-corrected chi connectivity index (χ0v) is 19.8. The maximum Gasteiger partial charge on any atom is 0.222 e. The Morgan fingerprint density at radius 1 is 1.28 bits per heavy atom. The lowest BCUT2D eigenvalue weighted by atomic mass is 9.88. The Hall–Kier alpha value is -1.82. The Kier molecular flexibility index (Phi) is 7.59. The van der Waals surface area contributed by atoms with Gasteiger partial charge in [0.1, 0.15) is 0 Å². The molecule has 0 spiro atoms. The van der Waals surface area contributed by atoms with Crippen molar-refractivity contribution < 1.29 is 15.0 Å². The van der Waals surface area contributed by atoms with Gasteiger partial charge in [-0.15, -0.1) is 0 Å². The van der Waals surface area contributed by atoms with Gasteiger partial charge in [0.25, 0.3) is 0 Å². The number of amides is 1. The van der Waals surface area contributed by atoms with E-state index in [4.69, 9.17) is 12.2 Å². The fourth-order valence-electron chi connectivity index (χ4n) is 5.63. The Morgan fingerprint density at radius 2 is 2.06 bits per heavy atom. The van der Waals surface area contributed by atoms with E-state index in [9.17, 15) is 15.0 Å². The second kappa shape index (κ2) is 10.4. The number of carbonyl (C=O) groups is 1. The van der Waals surface area contributed by atoms with Gasteiger partial charge in [-0.1, -0.05) is 60.3 Å². The molecule has 1 saturated carbocycles. The first-order chi connectivity index (χ1) is 15.4. The smallest absolute Gasteiger partial charge is 0.222 e. The fourth-order valence-corrected chi connectivity index (χ4v) is 5.88. The third kappa shape index (κ3) is 5.56. The van der Waals surface area contributed by atoms with Crippen LogP contribution in [-0.2, 0) is 11.2 Å². The number of aryl methyl sites for hydroxylation is 1. The molecular weight excluding hydrogens is 418 g/mol. The van der Waals surface area contributed by atoms with Crippen molar-refractivity contribution >= 4 is 23.0 Å². The summed E-state index contributed by atoms with van der Waals surface area (Å²) in [5.41, 5.74) is 3.50. The molecule has 1 amide bonds. The second-order valence-corrected chi connectivity index (χ2v) is 10.3. The summed E-state index contributed by atoms with van der Waals surface area (Å²) < 4.78 is 0. The predicted octanol–water partition coefficient (Wildman–Crippen LogP) is 4.17. The van der Waals surface area contributed by atoms with Gasteiger partial charge in [0, 0.05) is 36.7 Å². The summed E-state index contributed by atoms with van der Waals surface area (Å²) in [5, 5.41) is 21.1. The van der Waals surface area contributed by atoms with Gasteiger partial charge in [0.15, 0.2) is 0 Å². The molecule has 2 N–H and O–H groups in total. The summed E-state index contributed by atoms with van der Waals surface area (Å²) >= 11 is 5.68. The second-order valence-electron chi connectivity index (χ2n) is 9.76. The van der Waals surface area contributed by atoms with Gasteiger partial charge in [0.05, 0.1) is 12.2 Å². The van der Waals surface area contributed by atoms with Crippen LogP contribution < -0.4 is 0 Å². The lowest BCUT2D eigenvalue weighted by molar-refractivity contribution is -0.129. The van der Waals surface area contributed by atoms with Gasteiger partial charge in [-0.25, -0.2) is 0 Å². The van der Waals surface area contributed by atoms with Crippen LogP contribution in [0.2, 0.25) is 0 Å². The number of hydrogen-bond donors (Lipinski definition) is 2. The average molecular weight is 454 g/mol. The molecule has 1 aliphatic heterocycles. The van der Waals surface area contributed by atoms with Gasteiger partial charge >= 0.3 is 0 Å². The molecule has 32 heavy (non-hydrogen) atoms. The molecule has 0 radical (unpaired) electrons. The van der Waals surface area contributed by atoms with Crippen molar-refractivity contribution in [3.63, 3.8) is 0 Å². The standard InChI is InChI=1S/C27H35NO3S/c1-18-5-4-6-19(13-18)14-22(29)7-8-23-24-16-21(15-20(24)17-25(23)30)26(32)9-10-27(31)28-11-2-3-12-28/h4-8,13,15,20,22-25,29-30H,2-3,9-12,14,16-17H2,1H3/t20-,22-,23+,24-,25+/m0/s1. The lowest BCUT2D eigenvalue weighted by Crippen LogP contribution is -2.27. The Bertz CT molecular complexity index is 902. The van der Waals surface area contributed by atoms with Crippen molar-refractivity contribution in [2.24, 2.45) is 17.8 Å². The number of nitrogens with zero attached hydrogens (tertiary/aromatic N) is 1. The molecule has 1 aromatic rings. The molecule has 1 saturated heterocycles. The molecule has 3 aliphatic rings. The average Bonchev–Trinajstić information content (AvgIpc) is 3.47. The highest BCUT2D eigenvalue weighted by Gasteiger charge is 2.43. The number of aliphatic hydroxyl groups is 2. The third-order valence-corrected chi connectivity index (χ3v) is 7.81. The number of hydrogen-bond acceptors (Lipinski definition) is 4. The number of fused-ring (bicyclic) bond motifs is 1. The summed E-state index contributed by atoms with van der Waals surface area (Å²) in [6, 6.07) is 8.20. The molecule has 0 unspecified atom stereocenters. The molecule has 2 aliphatic carbocycles. The number of thiocarbonyl (C=S) groups is 1. The lowest BCUT2D eigenvalue weighted by Gasteiger charge is -2.19. The fraction of sp³-hybridized carbons (Fsp3) is 0.556. The van der Waals surface area contributed by atoms with Gasteiger partial charge in [-0.3, -0.25) is 4.79 Å². The van der Waals surface area contributed by atoms with Crippen molar-refractivity contribution in [1.82, 2.24) is 4.90 Å². The van der Waals surface area contributed by atoms with Crippen LogP contribution in [0.25, 0.3) is 0 Å². The van der Waals surface area contributed by atoms with Gasteiger partial charge in [-0.05, 0) is 62.0 Å². The Balaban J connectivity index is 1.30. The van der Waals surface area contributed by atoms with E-state index in [1.165, 1.54) is 11.1 Å². The first-order valence-electron chi connectivity index (χ1n) is 12.0. The monoisotopic (exact) mass is 453 g/mol. The molecule has 1 heterocycles. The third-order valence-electron chi connectivity index (χ3n) is 7.34. The molecule has 0 bridgehead atoms. The number of rotatable bonds is 8. The Labute approximate surface area is 197 Å². The van der Waals surface area contributed by atoms with Crippen LogP contribution in [0.1, 0.15) is 49.7 Å². The predicted molar refractivity (Wildman–Crippen MR) is 131 cm³/mol. The van der Waals surface area contributed by atoms with E-state index in [0.717, 1.165) is 49.2 Å². The number of allylic oxidation sites excluding steroid dienone is 2. The van der Waals surface area contributed by atoms with E-state index in [1.54, 1.807) is 0 Å². The first-order valence-corrected chi connectivity index (χ1v) is 12.4. The zero-order valence-electron chi connectivity index (χ0n) is 19.0. The molecule has 1 aromatic carbocycles. The van der Waals surface area contributed by atoms with Crippen molar-refractivity contribution in [3.8, 4) is 0 Å². The van der Waals surface area contributed by atoms with Crippen molar-refractivity contribution in [3.05, 3.63) is 59.2 Å². The SMILES string of the molecule is Cc1cccc(C[C@@H](O)C=C[C@@H]2[C@H]3CC(C(=S)CCC(=O)N4CCCC4)=C[C@H]3C[C@H]2O)c1. The minimum atomic E-state index is -0.561. The highest BCUT2D eigenvalue weighted by atomic mass is 32.1. The molecule has 4 nitrogen and oxygen atoms in total. The normalized spacial score (nSPS) is 28.2. The van der Waals surface area contributed by atoms with Crippen molar-refractivity contribution in [2.45, 2.75) is 64.1 Å². The van der Waals surface area contributed by atoms with Crippen LogP contribution >= 0.6 is 12.2 Å². The number of likely N-dealkylation sites (tertiary alicyclic amines) is 1. The molecule has 172 valence electrons. The van der Waals surface area contributed by atoms with Crippen LogP contribution in [0.4, 0.5) is 0 Å². The number of benzene rings is 1. The number of carbonyl (C=O) groups excluding carboxylic acids is 1. The van der Waals surface area contributed by atoms with E-state index in [0.29, 0.717) is 31.1 Å². The van der Waals surface area contributed by atoms with E-state index < -0.39 is 6.10 Å². The Morgan fingerprint density at radius 3 is 2.81 bits per heavy atom. The summed E-state index contributed by atoms with van der Waals surface area (Å²) in [4.78, 5) is 15.2. The van der Waals surface area contributed by atoms with Crippen LogP contribution in [-0.4, -0.2) is 51.2 Å². The van der Waals surface area contributed by atoms with Gasteiger partial charge in [-0.2, -0.15) is 0 Å². The summed E-state index contributed by atoms with van der Waals surface area (Å²) in [7, 11) is 0. The molecular formula is C27H35NO3S. The van der Waals surface area contributed by atoms with E-state index in [2.05, 4.69) is 25.1 Å². The van der Waals surface area contributed by atoms with E-state index >= 15 is 0 Å². The first kappa shape index (κ1) is 23.3. The topological polar surface area (TPSA) is 60.8 Å². The van der Waals surface area contributed by atoms with Gasteiger partial charge in [0.2, 0.25) is 5.91 Å². The van der Waals surface area contributed by atoms with Crippen molar-refractivity contribution in [1.29, 1.82) is 0 Å². The maximum absolute atomic E-state index is 12.3. The summed E-state index contributed by atoms with van der Waals surface area (Å²) in [5.74, 6) is 0.919. The minimum absolute atomic E-state index is 0.0370. The molecule has 0 aromatic heterocycles. The summed E-state index contributed by atoms with van der Waals surface area (Å²) in [6.07, 6.45) is 10.7. The highest BCUT2D eigenvalue weighted by molar-refractivity contribution is 7.80. The molecule has 2 fully saturated rings. The molecule has 5 atom stereocenters. The van der Waals surface area contributed by atoms with E-state index in [1.807, 2.05) is 29.2 Å². The summed E-state index contributed by atoms with van der Waals surface area (Å²) in [6.45, 7) is 3.83. The van der Waals surface area contributed by atoms with Crippen LogP contribution in [0.15, 0.2) is 48.1 Å². The zero-order chi connectivity index (χ0) is 22.7. The maximum atomic E-state index is 12.3. The van der Waals surface area contributed by atoms with Crippen molar-refractivity contribution in [2.75, 3.05) is 13.1 Å². The van der Waals surface area contributed by atoms with Gasteiger partial charge < -0.3 is 15.1 Å². The molecule has 5 heteroatoms. The largest absolute Gasteiger partial charge is 0.392 e. The van der Waals surface area contributed by atoms with Crippen LogP contribution in [0.3, 0.4) is 0 Å². The number of aliphatic hydroxyl groups excluding tert-OH is 2. The minimum Gasteiger partial charge on any atom is -0.392 e. The quantitative estimate of drug-likeness (QED) is 0.458. The van der Waals surface area contributed by atoms with Crippen LogP contribution in [0.5, 0.6) is 0 Å². The highest BCUT2D eigenvalue weighted by Crippen LogP contribution is 2.47. The van der Waals surface area contributed by atoms with E-state index in [-0.39, 0.29) is 17.9 Å².